The highest BCUT2D eigenvalue weighted by Crippen LogP contribution is 2.58. The van der Waals surface area contributed by atoms with E-state index in [1.54, 1.807) is 13.8 Å². The molecule has 0 aromatic rings. The van der Waals surface area contributed by atoms with Gasteiger partial charge in [-0.3, -0.25) is 19.7 Å². The van der Waals surface area contributed by atoms with E-state index in [0.717, 1.165) is 12.8 Å². The summed E-state index contributed by atoms with van der Waals surface area (Å²) in [5.74, 6) is 0.327. The largest absolute Gasteiger partial charge is 0.319 e. The molecule has 0 aromatic carbocycles. The quantitative estimate of drug-likeness (QED) is 0.680. The number of carbonyl (C=O) groups excluding carboxylic acids is 3. The molecule has 2 saturated carbocycles. The first-order valence-corrected chi connectivity index (χ1v) is 6.58. The lowest BCUT2D eigenvalue weighted by Crippen LogP contribution is -2.65. The lowest BCUT2D eigenvalue weighted by Gasteiger charge is -2.40. The molecule has 3 fully saturated rings. The third kappa shape index (κ3) is 1.49. The number of rotatable bonds is 1. The standard InChI is InChI=1S/C13H18N2O3/c1-13(2)12(18)14-9(16)6-15(13)11(17)10-7-4-3-5-8(7)10/h7-8,10H,3-6H2,1-2H3,(H,14,16,18). The second-order valence-electron chi connectivity index (χ2n) is 6.15. The Bertz CT molecular complexity index is 434. The zero-order valence-corrected chi connectivity index (χ0v) is 10.7. The van der Waals surface area contributed by atoms with Crippen molar-refractivity contribution in [3.05, 3.63) is 0 Å². The fourth-order valence-corrected chi connectivity index (χ4v) is 3.50. The van der Waals surface area contributed by atoms with Gasteiger partial charge in [0.15, 0.2) is 0 Å². The van der Waals surface area contributed by atoms with Crippen LogP contribution in [0.4, 0.5) is 0 Å². The lowest BCUT2D eigenvalue weighted by atomic mass is 9.97. The van der Waals surface area contributed by atoms with Crippen molar-refractivity contribution < 1.29 is 14.4 Å². The minimum absolute atomic E-state index is 0.00194. The molecule has 3 amide bonds. The molecule has 1 N–H and O–H groups in total. The van der Waals surface area contributed by atoms with Crippen LogP contribution < -0.4 is 5.32 Å². The lowest BCUT2D eigenvalue weighted by molar-refractivity contribution is -0.156. The van der Waals surface area contributed by atoms with Crippen LogP contribution >= 0.6 is 0 Å². The van der Waals surface area contributed by atoms with Crippen molar-refractivity contribution >= 4 is 17.7 Å². The van der Waals surface area contributed by atoms with E-state index in [1.165, 1.54) is 11.3 Å². The van der Waals surface area contributed by atoms with Gasteiger partial charge in [-0.2, -0.15) is 0 Å². The Morgan fingerprint density at radius 2 is 1.89 bits per heavy atom. The molecular formula is C13H18N2O3. The SMILES string of the molecule is CC1(C)C(=O)NC(=O)CN1C(=O)C1C2CCCC21. The van der Waals surface area contributed by atoms with Crippen LogP contribution in [0.3, 0.4) is 0 Å². The molecule has 2 aliphatic carbocycles. The molecule has 2 unspecified atom stereocenters. The van der Waals surface area contributed by atoms with Crippen molar-refractivity contribution in [1.29, 1.82) is 0 Å². The predicted molar refractivity (Wildman–Crippen MR) is 63.3 cm³/mol. The molecule has 3 aliphatic rings. The number of nitrogens with zero attached hydrogens (tertiary/aromatic N) is 1. The van der Waals surface area contributed by atoms with E-state index < -0.39 is 5.54 Å². The second kappa shape index (κ2) is 3.56. The summed E-state index contributed by atoms with van der Waals surface area (Å²) in [4.78, 5) is 37.2. The van der Waals surface area contributed by atoms with E-state index in [-0.39, 0.29) is 30.2 Å². The maximum absolute atomic E-state index is 12.5. The monoisotopic (exact) mass is 250 g/mol. The molecule has 2 atom stereocenters. The van der Waals surface area contributed by atoms with E-state index in [1.807, 2.05) is 0 Å². The molecule has 0 radical (unpaired) electrons. The third-order valence-electron chi connectivity index (χ3n) is 4.74. The molecular weight excluding hydrogens is 232 g/mol. The van der Waals surface area contributed by atoms with Crippen LogP contribution in [0.15, 0.2) is 0 Å². The average molecular weight is 250 g/mol. The maximum atomic E-state index is 12.5. The molecule has 0 spiro atoms. The highest BCUT2D eigenvalue weighted by molar-refractivity contribution is 6.06. The predicted octanol–water partition coefficient (Wildman–Crippen LogP) is 0.296. The number of fused-ring (bicyclic) bond motifs is 1. The number of amides is 3. The maximum Gasteiger partial charge on any atom is 0.252 e. The number of hydrogen-bond acceptors (Lipinski definition) is 3. The first-order valence-electron chi connectivity index (χ1n) is 6.58. The summed E-state index contributed by atoms with van der Waals surface area (Å²) >= 11 is 0. The van der Waals surface area contributed by atoms with E-state index in [2.05, 4.69) is 5.32 Å². The van der Waals surface area contributed by atoms with Crippen LogP contribution in [0.5, 0.6) is 0 Å². The normalized spacial score (nSPS) is 37.2. The van der Waals surface area contributed by atoms with Gasteiger partial charge in [0.2, 0.25) is 11.8 Å². The first kappa shape index (κ1) is 11.7. The summed E-state index contributed by atoms with van der Waals surface area (Å²) in [6.07, 6.45) is 3.45. The van der Waals surface area contributed by atoms with Crippen LogP contribution in [0.25, 0.3) is 0 Å². The molecule has 0 bridgehead atoms. The molecule has 1 aliphatic heterocycles. The Morgan fingerprint density at radius 3 is 2.50 bits per heavy atom. The summed E-state index contributed by atoms with van der Waals surface area (Å²) < 4.78 is 0. The topological polar surface area (TPSA) is 66.5 Å². The number of piperazine rings is 1. The van der Waals surface area contributed by atoms with E-state index in [0.29, 0.717) is 11.8 Å². The van der Waals surface area contributed by atoms with Crippen LogP contribution in [0.1, 0.15) is 33.1 Å². The fraction of sp³-hybridized carbons (Fsp3) is 0.769. The summed E-state index contributed by atoms with van der Waals surface area (Å²) in [6, 6.07) is 0. The first-order chi connectivity index (χ1) is 8.43. The smallest absolute Gasteiger partial charge is 0.252 e. The highest BCUT2D eigenvalue weighted by Gasteiger charge is 2.59. The molecule has 5 heteroatoms. The minimum Gasteiger partial charge on any atom is -0.319 e. The Kier molecular flexibility index (Phi) is 2.31. The van der Waals surface area contributed by atoms with Crippen molar-refractivity contribution in [2.75, 3.05) is 6.54 Å². The summed E-state index contributed by atoms with van der Waals surface area (Å²) in [5.41, 5.74) is -0.915. The van der Waals surface area contributed by atoms with E-state index in [4.69, 9.17) is 0 Å². The van der Waals surface area contributed by atoms with Crippen LogP contribution in [0, 0.1) is 17.8 Å². The third-order valence-corrected chi connectivity index (χ3v) is 4.74. The van der Waals surface area contributed by atoms with Gasteiger partial charge in [0.1, 0.15) is 12.1 Å². The number of nitrogens with one attached hydrogen (secondary N) is 1. The fourth-order valence-electron chi connectivity index (χ4n) is 3.50. The minimum atomic E-state index is -0.915. The van der Waals surface area contributed by atoms with Crippen molar-refractivity contribution in [3.8, 4) is 0 Å². The zero-order valence-electron chi connectivity index (χ0n) is 10.7. The molecule has 98 valence electrons. The van der Waals surface area contributed by atoms with Crippen LogP contribution in [-0.2, 0) is 14.4 Å². The number of imide groups is 1. The van der Waals surface area contributed by atoms with Gasteiger partial charge in [0.25, 0.3) is 5.91 Å². The zero-order chi connectivity index (χ0) is 13.1. The van der Waals surface area contributed by atoms with Crippen molar-refractivity contribution in [2.24, 2.45) is 17.8 Å². The number of carbonyl (C=O) groups is 3. The summed E-state index contributed by atoms with van der Waals surface area (Å²) in [7, 11) is 0. The molecule has 18 heavy (non-hydrogen) atoms. The van der Waals surface area contributed by atoms with E-state index >= 15 is 0 Å². The Morgan fingerprint density at radius 1 is 1.28 bits per heavy atom. The van der Waals surface area contributed by atoms with Crippen LogP contribution in [0.2, 0.25) is 0 Å². The van der Waals surface area contributed by atoms with Crippen molar-refractivity contribution in [3.63, 3.8) is 0 Å². The second-order valence-corrected chi connectivity index (χ2v) is 6.15. The van der Waals surface area contributed by atoms with Gasteiger partial charge in [-0.25, -0.2) is 0 Å². The van der Waals surface area contributed by atoms with Gasteiger partial charge in [-0.05, 0) is 38.5 Å². The Balaban J connectivity index is 1.80. The van der Waals surface area contributed by atoms with E-state index in [9.17, 15) is 14.4 Å². The Hall–Kier alpha value is -1.39. The molecule has 1 heterocycles. The highest BCUT2D eigenvalue weighted by atomic mass is 16.2. The molecule has 1 saturated heterocycles. The van der Waals surface area contributed by atoms with Gasteiger partial charge in [-0.15, -0.1) is 0 Å². The number of hydrogen-bond donors (Lipinski definition) is 1. The van der Waals surface area contributed by atoms with Gasteiger partial charge < -0.3 is 4.90 Å². The average Bonchev–Trinajstić information content (AvgIpc) is 2.76. The Labute approximate surface area is 106 Å². The van der Waals surface area contributed by atoms with Crippen LogP contribution in [-0.4, -0.2) is 34.7 Å². The molecule has 5 nitrogen and oxygen atoms in total. The van der Waals surface area contributed by atoms with Gasteiger partial charge in [-0.1, -0.05) is 6.42 Å². The molecule has 0 aromatic heterocycles. The summed E-state index contributed by atoms with van der Waals surface area (Å²) in [6.45, 7) is 3.41. The van der Waals surface area contributed by atoms with Gasteiger partial charge >= 0.3 is 0 Å². The summed E-state index contributed by atoms with van der Waals surface area (Å²) in [5, 5.41) is 2.29. The molecule has 3 rings (SSSR count). The van der Waals surface area contributed by atoms with Gasteiger partial charge in [0, 0.05) is 5.92 Å². The van der Waals surface area contributed by atoms with Gasteiger partial charge in [0.05, 0.1) is 0 Å². The van der Waals surface area contributed by atoms with Crippen molar-refractivity contribution in [2.45, 2.75) is 38.6 Å². The van der Waals surface area contributed by atoms with Crippen molar-refractivity contribution in [1.82, 2.24) is 10.2 Å².